The van der Waals surface area contributed by atoms with Gasteiger partial charge in [-0.15, -0.1) is 12.4 Å². The first-order valence-corrected chi connectivity index (χ1v) is 5.40. The van der Waals surface area contributed by atoms with Crippen LogP contribution in [0.1, 0.15) is 24.5 Å². The molecule has 0 unspecified atom stereocenters. The molecule has 1 rings (SSSR count). The zero-order valence-electron chi connectivity index (χ0n) is 9.94. The molecule has 0 atom stereocenters. The minimum atomic E-state index is -0.173. The number of benzene rings is 1. The van der Waals surface area contributed by atoms with Gasteiger partial charge in [-0.3, -0.25) is 4.79 Å². The predicted molar refractivity (Wildman–Crippen MR) is 70.9 cm³/mol. The molecular formula is C12H19ClN2O2. The molecule has 4 N–H and O–H groups in total. The molecule has 0 spiro atoms. The second-order valence-corrected chi connectivity index (χ2v) is 3.54. The molecule has 0 aliphatic rings. The molecular weight excluding hydrogens is 240 g/mol. The topological polar surface area (TPSA) is 78.3 Å². The van der Waals surface area contributed by atoms with Crippen molar-refractivity contribution in [3.05, 3.63) is 29.3 Å². The number of nitrogens with two attached hydrogens (primary N) is 2. The molecule has 0 aliphatic heterocycles. The van der Waals surface area contributed by atoms with Gasteiger partial charge >= 0.3 is 5.97 Å². The molecule has 1 aromatic carbocycles. The van der Waals surface area contributed by atoms with E-state index in [1.54, 1.807) is 6.92 Å². The lowest BCUT2D eigenvalue weighted by molar-refractivity contribution is -0.143. The summed E-state index contributed by atoms with van der Waals surface area (Å²) in [6.45, 7) is 2.64. The fourth-order valence-corrected chi connectivity index (χ4v) is 1.47. The Kier molecular flexibility index (Phi) is 7.34. The third kappa shape index (κ3) is 5.06. The fraction of sp³-hybridized carbons (Fsp3) is 0.417. The minimum Gasteiger partial charge on any atom is -0.466 e. The van der Waals surface area contributed by atoms with Crippen LogP contribution >= 0.6 is 12.4 Å². The number of aryl methyl sites for hydroxylation is 1. The first-order valence-electron chi connectivity index (χ1n) is 5.40. The van der Waals surface area contributed by atoms with Gasteiger partial charge in [-0.25, -0.2) is 0 Å². The van der Waals surface area contributed by atoms with Crippen molar-refractivity contribution in [2.45, 2.75) is 26.3 Å². The highest BCUT2D eigenvalue weighted by molar-refractivity contribution is 5.85. The number of esters is 1. The Bertz CT molecular complexity index is 370. The van der Waals surface area contributed by atoms with Gasteiger partial charge in [0.1, 0.15) is 0 Å². The Hall–Kier alpha value is -1.26. The molecule has 0 aliphatic carbocycles. The Balaban J connectivity index is 0.00000256. The highest BCUT2D eigenvalue weighted by atomic mass is 35.5. The highest BCUT2D eigenvalue weighted by Crippen LogP contribution is 2.14. The number of hydrogen-bond acceptors (Lipinski definition) is 4. The van der Waals surface area contributed by atoms with Crippen LogP contribution in [-0.2, 0) is 22.5 Å². The van der Waals surface area contributed by atoms with Crippen molar-refractivity contribution >= 4 is 24.1 Å². The van der Waals surface area contributed by atoms with Crippen LogP contribution in [-0.4, -0.2) is 12.6 Å². The van der Waals surface area contributed by atoms with E-state index in [4.69, 9.17) is 16.2 Å². The molecule has 0 aromatic heterocycles. The Morgan fingerprint density at radius 1 is 1.41 bits per heavy atom. The van der Waals surface area contributed by atoms with E-state index < -0.39 is 0 Å². The van der Waals surface area contributed by atoms with Gasteiger partial charge in [0.15, 0.2) is 0 Å². The van der Waals surface area contributed by atoms with Crippen molar-refractivity contribution in [3.8, 4) is 0 Å². The van der Waals surface area contributed by atoms with Crippen molar-refractivity contribution < 1.29 is 9.53 Å². The van der Waals surface area contributed by atoms with E-state index in [9.17, 15) is 4.79 Å². The molecule has 5 heteroatoms. The van der Waals surface area contributed by atoms with E-state index in [-0.39, 0.29) is 18.4 Å². The van der Waals surface area contributed by atoms with Crippen LogP contribution in [0, 0.1) is 0 Å². The van der Waals surface area contributed by atoms with Gasteiger partial charge in [-0.05, 0) is 30.5 Å². The van der Waals surface area contributed by atoms with Crippen LogP contribution in [0.25, 0.3) is 0 Å². The van der Waals surface area contributed by atoms with Crippen LogP contribution in [0.5, 0.6) is 0 Å². The Labute approximate surface area is 108 Å². The van der Waals surface area contributed by atoms with Gasteiger partial charge in [-0.2, -0.15) is 0 Å². The van der Waals surface area contributed by atoms with E-state index in [0.29, 0.717) is 31.7 Å². The maximum absolute atomic E-state index is 11.2. The largest absolute Gasteiger partial charge is 0.466 e. The number of hydrogen-bond donors (Lipinski definition) is 2. The normalized spacial score (nSPS) is 9.53. The molecule has 0 bridgehead atoms. The van der Waals surface area contributed by atoms with E-state index in [1.165, 1.54) is 0 Å². The number of ether oxygens (including phenoxy) is 1. The minimum absolute atomic E-state index is 0. The molecule has 1 aromatic rings. The summed E-state index contributed by atoms with van der Waals surface area (Å²) in [4.78, 5) is 11.2. The fourth-order valence-electron chi connectivity index (χ4n) is 1.47. The maximum atomic E-state index is 11.2. The number of nitrogen functional groups attached to an aromatic ring is 1. The summed E-state index contributed by atoms with van der Waals surface area (Å²) in [5.41, 5.74) is 14.0. The first-order chi connectivity index (χ1) is 7.67. The van der Waals surface area contributed by atoms with Gasteiger partial charge in [0.05, 0.1) is 6.61 Å². The molecule has 17 heavy (non-hydrogen) atoms. The number of anilines is 1. The Morgan fingerprint density at radius 3 is 2.71 bits per heavy atom. The SMILES string of the molecule is CCOC(=O)CCc1ccc(N)c(CN)c1.Cl. The van der Waals surface area contributed by atoms with Crippen molar-refractivity contribution in [2.24, 2.45) is 5.73 Å². The van der Waals surface area contributed by atoms with E-state index in [0.717, 1.165) is 11.1 Å². The summed E-state index contributed by atoms with van der Waals surface area (Å²) in [6.07, 6.45) is 1.05. The molecule has 0 saturated heterocycles. The second-order valence-electron chi connectivity index (χ2n) is 3.54. The molecule has 0 saturated carbocycles. The van der Waals surface area contributed by atoms with Gasteiger partial charge < -0.3 is 16.2 Å². The van der Waals surface area contributed by atoms with Gasteiger partial charge in [0.2, 0.25) is 0 Å². The van der Waals surface area contributed by atoms with Crippen LogP contribution in [0.15, 0.2) is 18.2 Å². The van der Waals surface area contributed by atoms with Crippen molar-refractivity contribution in [1.29, 1.82) is 0 Å². The van der Waals surface area contributed by atoms with Crippen molar-refractivity contribution in [3.63, 3.8) is 0 Å². The average Bonchev–Trinajstić information content (AvgIpc) is 2.28. The Morgan fingerprint density at radius 2 is 2.12 bits per heavy atom. The van der Waals surface area contributed by atoms with E-state index >= 15 is 0 Å². The third-order valence-electron chi connectivity index (χ3n) is 2.35. The molecule has 0 radical (unpaired) electrons. The van der Waals surface area contributed by atoms with Crippen LogP contribution in [0.2, 0.25) is 0 Å². The van der Waals surface area contributed by atoms with Gasteiger partial charge in [0.25, 0.3) is 0 Å². The van der Waals surface area contributed by atoms with E-state index in [1.807, 2.05) is 18.2 Å². The van der Waals surface area contributed by atoms with Crippen molar-refractivity contribution in [2.75, 3.05) is 12.3 Å². The summed E-state index contributed by atoms with van der Waals surface area (Å²) >= 11 is 0. The summed E-state index contributed by atoms with van der Waals surface area (Å²) in [7, 11) is 0. The molecule has 0 fully saturated rings. The maximum Gasteiger partial charge on any atom is 0.306 e. The number of carbonyl (C=O) groups is 1. The monoisotopic (exact) mass is 258 g/mol. The quantitative estimate of drug-likeness (QED) is 0.622. The molecule has 4 nitrogen and oxygen atoms in total. The number of halogens is 1. The van der Waals surface area contributed by atoms with Crippen molar-refractivity contribution in [1.82, 2.24) is 0 Å². The third-order valence-corrected chi connectivity index (χ3v) is 2.35. The molecule has 0 amide bonds. The molecule has 0 heterocycles. The highest BCUT2D eigenvalue weighted by Gasteiger charge is 2.04. The second kappa shape index (κ2) is 7.92. The standard InChI is InChI=1S/C12H18N2O2.ClH/c1-2-16-12(15)6-4-9-3-5-11(14)10(7-9)8-13;/h3,5,7H,2,4,6,8,13-14H2,1H3;1H. The zero-order valence-corrected chi connectivity index (χ0v) is 10.8. The van der Waals surface area contributed by atoms with Crippen LogP contribution in [0.3, 0.4) is 0 Å². The zero-order chi connectivity index (χ0) is 12.0. The molecule has 96 valence electrons. The van der Waals surface area contributed by atoms with Crippen LogP contribution < -0.4 is 11.5 Å². The smallest absolute Gasteiger partial charge is 0.306 e. The van der Waals surface area contributed by atoms with Crippen LogP contribution in [0.4, 0.5) is 5.69 Å². The summed E-state index contributed by atoms with van der Waals surface area (Å²) in [5.74, 6) is -0.173. The lowest BCUT2D eigenvalue weighted by Crippen LogP contribution is -2.06. The summed E-state index contributed by atoms with van der Waals surface area (Å²) < 4.78 is 4.86. The first kappa shape index (κ1) is 15.7. The van der Waals surface area contributed by atoms with Gasteiger partial charge in [-0.1, -0.05) is 12.1 Å². The van der Waals surface area contributed by atoms with Gasteiger partial charge in [0, 0.05) is 18.7 Å². The summed E-state index contributed by atoms with van der Waals surface area (Å²) in [6, 6.07) is 5.67. The predicted octanol–water partition coefficient (Wildman–Crippen LogP) is 1.64. The lowest BCUT2D eigenvalue weighted by atomic mass is 10.0. The van der Waals surface area contributed by atoms with E-state index in [2.05, 4.69) is 0 Å². The number of rotatable bonds is 5. The summed E-state index contributed by atoms with van der Waals surface area (Å²) in [5, 5.41) is 0. The lowest BCUT2D eigenvalue weighted by Gasteiger charge is -2.06. The number of carbonyl (C=O) groups excluding carboxylic acids is 1. The average molecular weight is 259 g/mol.